The van der Waals surface area contributed by atoms with Gasteiger partial charge in [-0.15, -0.1) is 11.5 Å². The fourth-order valence-electron chi connectivity index (χ4n) is 0.994. The minimum atomic E-state index is -0.378. The summed E-state index contributed by atoms with van der Waals surface area (Å²) in [6.07, 6.45) is 4.98. The highest BCUT2D eigenvalue weighted by Crippen LogP contribution is 1.98. The lowest BCUT2D eigenvalue weighted by atomic mass is 10.5. The Morgan fingerprint density at radius 1 is 1.69 bits per heavy atom. The minimum Gasteiger partial charge on any atom is -0.480 e. The van der Waals surface area contributed by atoms with E-state index in [-0.39, 0.29) is 30.4 Å². The van der Waals surface area contributed by atoms with E-state index in [2.05, 4.69) is 16.3 Å². The van der Waals surface area contributed by atoms with Crippen LogP contribution in [0.5, 0.6) is 5.88 Å². The van der Waals surface area contributed by atoms with Gasteiger partial charge >= 0.3 is 0 Å². The summed E-state index contributed by atoms with van der Waals surface area (Å²) in [6.45, 7) is -0.0603. The van der Waals surface area contributed by atoms with E-state index in [4.69, 9.17) is 11.2 Å². The second-order valence-corrected chi connectivity index (χ2v) is 2.85. The normalized spacial score (nSPS) is 9.25. The van der Waals surface area contributed by atoms with Crippen LogP contribution in [0.25, 0.3) is 0 Å². The molecular weight excluding hydrogens is 210 g/mol. The Labute approximate surface area is 92.2 Å². The molecular formula is C10H11N3O3. The van der Waals surface area contributed by atoms with Crippen molar-refractivity contribution in [3.8, 4) is 18.2 Å². The number of hydrogen-bond donors (Lipinski definition) is 1. The molecule has 0 bridgehead atoms. The van der Waals surface area contributed by atoms with E-state index < -0.39 is 0 Å². The quantitative estimate of drug-likeness (QED) is 0.662. The molecule has 0 radical (unpaired) electrons. The summed E-state index contributed by atoms with van der Waals surface area (Å²) in [5.74, 6) is 2.15. The summed E-state index contributed by atoms with van der Waals surface area (Å²) in [6, 6.07) is 2.71. The van der Waals surface area contributed by atoms with Crippen LogP contribution in [0.2, 0.25) is 0 Å². The number of hydrogen-bond acceptors (Lipinski definition) is 4. The Hall–Kier alpha value is -2.29. The molecule has 0 atom stereocenters. The Bertz CT molecular complexity index is 473. The van der Waals surface area contributed by atoms with Gasteiger partial charge in [-0.2, -0.15) is 0 Å². The zero-order chi connectivity index (χ0) is 12.0. The van der Waals surface area contributed by atoms with Gasteiger partial charge in [0, 0.05) is 12.1 Å². The molecule has 1 amide bonds. The number of rotatable bonds is 4. The number of ether oxygens (including phenoxy) is 1. The first-order valence-corrected chi connectivity index (χ1v) is 4.49. The van der Waals surface area contributed by atoms with Crippen molar-refractivity contribution >= 4 is 5.91 Å². The Morgan fingerprint density at radius 2 is 2.44 bits per heavy atom. The van der Waals surface area contributed by atoms with Gasteiger partial charge in [0.1, 0.15) is 6.54 Å². The number of methoxy groups -OCH3 is 1. The SMILES string of the molecule is C#CCNC(=O)Cn1nc(OC)ccc1=O. The maximum absolute atomic E-state index is 11.3. The van der Waals surface area contributed by atoms with Gasteiger partial charge in [-0.3, -0.25) is 9.59 Å². The molecule has 1 N–H and O–H groups in total. The van der Waals surface area contributed by atoms with Crippen molar-refractivity contribution < 1.29 is 9.53 Å². The first kappa shape index (κ1) is 11.8. The molecule has 84 valence electrons. The van der Waals surface area contributed by atoms with Crippen LogP contribution in [-0.4, -0.2) is 29.3 Å². The third-order valence-corrected chi connectivity index (χ3v) is 1.73. The summed E-state index contributed by atoms with van der Waals surface area (Å²) >= 11 is 0. The van der Waals surface area contributed by atoms with Crippen LogP contribution < -0.4 is 15.6 Å². The molecule has 1 rings (SSSR count). The number of nitrogens with zero attached hydrogens (tertiary/aromatic N) is 2. The van der Waals surface area contributed by atoms with E-state index in [1.807, 2.05) is 0 Å². The van der Waals surface area contributed by atoms with Crippen molar-refractivity contribution in [1.29, 1.82) is 0 Å². The number of amides is 1. The zero-order valence-electron chi connectivity index (χ0n) is 8.77. The van der Waals surface area contributed by atoms with Crippen LogP contribution >= 0.6 is 0 Å². The third kappa shape index (κ3) is 3.13. The summed E-state index contributed by atoms with van der Waals surface area (Å²) in [4.78, 5) is 22.6. The molecule has 6 heteroatoms. The topological polar surface area (TPSA) is 73.2 Å². The first-order valence-electron chi connectivity index (χ1n) is 4.49. The second-order valence-electron chi connectivity index (χ2n) is 2.85. The molecule has 1 aromatic rings. The van der Waals surface area contributed by atoms with E-state index >= 15 is 0 Å². The van der Waals surface area contributed by atoms with Gasteiger partial charge in [0.15, 0.2) is 0 Å². The van der Waals surface area contributed by atoms with Gasteiger partial charge in [-0.25, -0.2) is 4.68 Å². The average molecular weight is 221 g/mol. The molecule has 16 heavy (non-hydrogen) atoms. The molecule has 0 aliphatic rings. The van der Waals surface area contributed by atoms with Crippen LogP contribution in [0.4, 0.5) is 0 Å². The number of nitrogens with one attached hydrogen (secondary N) is 1. The summed E-state index contributed by atoms with van der Waals surface area (Å²) in [7, 11) is 1.43. The molecule has 0 spiro atoms. The van der Waals surface area contributed by atoms with Gasteiger partial charge < -0.3 is 10.1 Å². The van der Waals surface area contributed by atoms with Crippen LogP contribution in [-0.2, 0) is 11.3 Å². The van der Waals surface area contributed by atoms with Gasteiger partial charge in [-0.05, 0) is 0 Å². The molecule has 1 aromatic heterocycles. The Kier molecular flexibility index (Phi) is 4.09. The third-order valence-electron chi connectivity index (χ3n) is 1.73. The molecule has 0 aliphatic heterocycles. The zero-order valence-corrected chi connectivity index (χ0v) is 8.77. The highest BCUT2D eigenvalue weighted by molar-refractivity contribution is 5.75. The van der Waals surface area contributed by atoms with Crippen molar-refractivity contribution in [2.45, 2.75) is 6.54 Å². The number of carbonyl (C=O) groups excluding carboxylic acids is 1. The largest absolute Gasteiger partial charge is 0.480 e. The maximum atomic E-state index is 11.3. The maximum Gasteiger partial charge on any atom is 0.267 e. The van der Waals surface area contributed by atoms with Crippen molar-refractivity contribution in [1.82, 2.24) is 15.1 Å². The van der Waals surface area contributed by atoms with Crippen LogP contribution in [0.3, 0.4) is 0 Å². The Morgan fingerprint density at radius 3 is 3.06 bits per heavy atom. The summed E-state index contributed by atoms with van der Waals surface area (Å²) in [5, 5.41) is 6.24. The van der Waals surface area contributed by atoms with Gasteiger partial charge in [0.05, 0.1) is 13.7 Å². The average Bonchev–Trinajstić information content (AvgIpc) is 2.29. The van der Waals surface area contributed by atoms with Gasteiger partial charge in [0.2, 0.25) is 11.8 Å². The van der Waals surface area contributed by atoms with E-state index in [0.717, 1.165) is 4.68 Å². The van der Waals surface area contributed by atoms with Crippen molar-refractivity contribution in [3.63, 3.8) is 0 Å². The fraction of sp³-hybridized carbons (Fsp3) is 0.300. The van der Waals surface area contributed by atoms with E-state index in [9.17, 15) is 9.59 Å². The van der Waals surface area contributed by atoms with Crippen molar-refractivity contribution in [3.05, 3.63) is 22.5 Å². The van der Waals surface area contributed by atoms with Crippen LogP contribution in [0.15, 0.2) is 16.9 Å². The predicted octanol–water partition coefficient (Wildman–Crippen LogP) is -0.999. The molecule has 0 saturated carbocycles. The summed E-state index contributed by atoms with van der Waals surface area (Å²) in [5.41, 5.74) is -0.378. The number of terminal acetylenes is 1. The van der Waals surface area contributed by atoms with Crippen LogP contribution in [0.1, 0.15) is 0 Å². The highest BCUT2D eigenvalue weighted by Gasteiger charge is 2.05. The lowest BCUT2D eigenvalue weighted by Crippen LogP contribution is -2.33. The van der Waals surface area contributed by atoms with Crippen molar-refractivity contribution in [2.75, 3.05) is 13.7 Å². The highest BCUT2D eigenvalue weighted by atomic mass is 16.5. The summed E-state index contributed by atoms with van der Waals surface area (Å²) < 4.78 is 5.84. The lowest BCUT2D eigenvalue weighted by molar-refractivity contribution is -0.121. The van der Waals surface area contributed by atoms with Crippen molar-refractivity contribution in [2.24, 2.45) is 0 Å². The van der Waals surface area contributed by atoms with E-state index in [1.165, 1.54) is 19.2 Å². The smallest absolute Gasteiger partial charge is 0.267 e. The molecule has 6 nitrogen and oxygen atoms in total. The lowest BCUT2D eigenvalue weighted by Gasteiger charge is -2.05. The fourth-order valence-corrected chi connectivity index (χ4v) is 0.994. The molecule has 0 aromatic carbocycles. The molecule has 0 unspecified atom stereocenters. The van der Waals surface area contributed by atoms with Gasteiger partial charge in [-0.1, -0.05) is 5.92 Å². The van der Waals surface area contributed by atoms with E-state index in [1.54, 1.807) is 0 Å². The van der Waals surface area contributed by atoms with Crippen LogP contribution in [0, 0.1) is 12.3 Å². The standard InChI is InChI=1S/C10H11N3O3/c1-3-6-11-8(14)7-13-10(15)5-4-9(12-13)16-2/h1,4-5H,6-7H2,2H3,(H,11,14). The number of carbonyl (C=O) groups is 1. The van der Waals surface area contributed by atoms with E-state index in [0.29, 0.717) is 0 Å². The first-order chi connectivity index (χ1) is 7.67. The minimum absolute atomic E-state index is 0.123. The second kappa shape index (κ2) is 5.56. The molecule has 1 heterocycles. The molecule has 0 saturated heterocycles. The number of aromatic nitrogens is 2. The van der Waals surface area contributed by atoms with Gasteiger partial charge in [0.25, 0.3) is 5.56 Å². The Balaban J connectivity index is 2.77. The monoisotopic (exact) mass is 221 g/mol. The molecule has 0 aliphatic carbocycles. The predicted molar refractivity (Wildman–Crippen MR) is 56.9 cm³/mol. The molecule has 0 fully saturated rings.